The van der Waals surface area contributed by atoms with Crippen LogP contribution in [-0.4, -0.2) is 45.3 Å². The van der Waals surface area contributed by atoms with Crippen molar-refractivity contribution in [1.29, 1.82) is 0 Å². The highest BCUT2D eigenvalue weighted by Gasteiger charge is 2.29. The van der Waals surface area contributed by atoms with Crippen LogP contribution in [0.5, 0.6) is 0 Å². The number of hydrogen-bond donors (Lipinski definition) is 0. The predicted molar refractivity (Wildman–Crippen MR) is 79.3 cm³/mol. The highest BCUT2D eigenvalue weighted by atomic mass is 32.1. The molecular weight excluding hydrogens is 288 g/mol. The summed E-state index contributed by atoms with van der Waals surface area (Å²) in [6.07, 6.45) is 2.32. The minimum Gasteiger partial charge on any atom is -0.366 e. The standard InChI is InChI=1S/C14H18N4O2S/c1-3-10-4-7-21-12(10)14(19)18-5-6-20-11(8-18)13-16-15-9-17(13)2/h4,7,9,11H,3,5-6,8H2,1-2H3. The fraction of sp³-hybridized carbons (Fsp3) is 0.500. The molecular formula is C14H18N4O2S. The van der Waals surface area contributed by atoms with Crippen molar-refractivity contribution in [2.45, 2.75) is 19.4 Å². The van der Waals surface area contributed by atoms with Gasteiger partial charge in [-0.1, -0.05) is 6.92 Å². The van der Waals surface area contributed by atoms with Crippen molar-refractivity contribution in [2.24, 2.45) is 7.05 Å². The maximum Gasteiger partial charge on any atom is 0.264 e. The van der Waals surface area contributed by atoms with Crippen molar-refractivity contribution in [2.75, 3.05) is 19.7 Å². The molecule has 1 fully saturated rings. The van der Waals surface area contributed by atoms with Crippen LogP contribution in [0.4, 0.5) is 0 Å². The second-order valence-electron chi connectivity index (χ2n) is 5.04. The lowest BCUT2D eigenvalue weighted by molar-refractivity contribution is -0.0279. The molecule has 0 bridgehead atoms. The molecule has 1 atom stereocenters. The minimum atomic E-state index is -0.208. The summed E-state index contributed by atoms with van der Waals surface area (Å²) in [6, 6.07) is 2.03. The van der Waals surface area contributed by atoms with E-state index in [9.17, 15) is 4.79 Å². The van der Waals surface area contributed by atoms with Gasteiger partial charge in [0.05, 0.1) is 18.0 Å². The van der Waals surface area contributed by atoms with E-state index >= 15 is 0 Å². The first kappa shape index (κ1) is 14.2. The number of morpholine rings is 1. The van der Waals surface area contributed by atoms with E-state index in [1.165, 1.54) is 11.3 Å². The van der Waals surface area contributed by atoms with E-state index < -0.39 is 0 Å². The minimum absolute atomic E-state index is 0.0947. The van der Waals surface area contributed by atoms with Crippen LogP contribution >= 0.6 is 11.3 Å². The van der Waals surface area contributed by atoms with Gasteiger partial charge in [-0.2, -0.15) is 0 Å². The van der Waals surface area contributed by atoms with E-state index in [2.05, 4.69) is 17.1 Å². The Morgan fingerprint density at radius 2 is 2.43 bits per heavy atom. The SMILES string of the molecule is CCc1ccsc1C(=O)N1CCOC(c2nncn2C)C1. The van der Waals surface area contributed by atoms with Crippen molar-refractivity contribution < 1.29 is 9.53 Å². The quantitative estimate of drug-likeness (QED) is 0.865. The highest BCUT2D eigenvalue weighted by molar-refractivity contribution is 7.12. The van der Waals surface area contributed by atoms with Crippen LogP contribution in [0.1, 0.15) is 34.1 Å². The monoisotopic (exact) mass is 306 g/mol. The van der Waals surface area contributed by atoms with Crippen molar-refractivity contribution in [3.8, 4) is 0 Å². The number of nitrogens with zero attached hydrogens (tertiary/aromatic N) is 4. The van der Waals surface area contributed by atoms with Gasteiger partial charge in [-0.25, -0.2) is 0 Å². The summed E-state index contributed by atoms with van der Waals surface area (Å²) in [4.78, 5) is 15.4. The molecule has 1 amide bonds. The first-order chi connectivity index (χ1) is 10.2. The van der Waals surface area contributed by atoms with Gasteiger partial charge < -0.3 is 14.2 Å². The second-order valence-corrected chi connectivity index (χ2v) is 5.96. The average Bonchev–Trinajstić information content (AvgIpc) is 3.15. The van der Waals surface area contributed by atoms with Crippen molar-refractivity contribution in [1.82, 2.24) is 19.7 Å². The molecule has 3 rings (SSSR count). The number of carbonyl (C=O) groups excluding carboxylic acids is 1. The van der Waals surface area contributed by atoms with Crippen LogP contribution in [-0.2, 0) is 18.2 Å². The zero-order valence-corrected chi connectivity index (χ0v) is 13.0. The zero-order valence-electron chi connectivity index (χ0n) is 12.2. The lowest BCUT2D eigenvalue weighted by atomic mass is 10.1. The number of ether oxygens (including phenoxy) is 1. The number of carbonyl (C=O) groups is 1. The molecule has 0 aliphatic carbocycles. The van der Waals surface area contributed by atoms with Crippen molar-refractivity contribution >= 4 is 17.2 Å². The largest absolute Gasteiger partial charge is 0.366 e. The van der Waals surface area contributed by atoms with Crippen LogP contribution in [0, 0.1) is 0 Å². The van der Waals surface area contributed by atoms with Gasteiger partial charge in [0.2, 0.25) is 0 Å². The number of rotatable bonds is 3. The number of aromatic nitrogens is 3. The Hall–Kier alpha value is -1.73. The van der Waals surface area contributed by atoms with Gasteiger partial charge >= 0.3 is 0 Å². The Kier molecular flexibility index (Phi) is 4.03. The van der Waals surface area contributed by atoms with Crippen LogP contribution in [0.2, 0.25) is 0 Å². The summed E-state index contributed by atoms with van der Waals surface area (Å²) in [5, 5.41) is 9.94. The third-order valence-electron chi connectivity index (χ3n) is 3.71. The number of amides is 1. The van der Waals surface area contributed by atoms with E-state index in [1.54, 1.807) is 6.33 Å². The maximum absolute atomic E-state index is 12.7. The topological polar surface area (TPSA) is 60.3 Å². The first-order valence-electron chi connectivity index (χ1n) is 7.01. The molecule has 1 aliphatic heterocycles. The number of thiophene rings is 1. The molecule has 6 nitrogen and oxygen atoms in total. The second kappa shape index (κ2) is 5.95. The summed E-state index contributed by atoms with van der Waals surface area (Å²) in [5.74, 6) is 0.853. The summed E-state index contributed by atoms with van der Waals surface area (Å²) in [5.41, 5.74) is 1.12. The van der Waals surface area contributed by atoms with Crippen LogP contribution in [0.15, 0.2) is 17.8 Å². The third kappa shape index (κ3) is 2.71. The Balaban J connectivity index is 1.77. The Labute approximate surface area is 127 Å². The van der Waals surface area contributed by atoms with Gasteiger partial charge in [0, 0.05) is 13.6 Å². The summed E-state index contributed by atoms with van der Waals surface area (Å²) >= 11 is 1.51. The molecule has 0 spiro atoms. The lowest BCUT2D eigenvalue weighted by Gasteiger charge is -2.32. The average molecular weight is 306 g/mol. The van der Waals surface area contributed by atoms with Gasteiger partial charge in [0.1, 0.15) is 12.4 Å². The first-order valence-corrected chi connectivity index (χ1v) is 7.89. The van der Waals surface area contributed by atoms with Gasteiger partial charge in [0.25, 0.3) is 5.91 Å². The summed E-state index contributed by atoms with van der Waals surface area (Å²) in [6.45, 7) is 3.73. The van der Waals surface area contributed by atoms with Gasteiger partial charge in [-0.05, 0) is 23.4 Å². The molecule has 3 heterocycles. The summed E-state index contributed by atoms with van der Waals surface area (Å²) in [7, 11) is 1.88. The normalized spacial score (nSPS) is 19.0. The van der Waals surface area contributed by atoms with Crippen LogP contribution in [0.3, 0.4) is 0 Å². The predicted octanol–water partition coefficient (Wildman–Crippen LogP) is 1.65. The molecule has 0 aromatic carbocycles. The smallest absolute Gasteiger partial charge is 0.264 e. The molecule has 2 aromatic heterocycles. The molecule has 1 aliphatic rings. The lowest BCUT2D eigenvalue weighted by Crippen LogP contribution is -2.42. The summed E-state index contributed by atoms with van der Waals surface area (Å²) < 4.78 is 7.58. The van der Waals surface area contributed by atoms with E-state index in [0.29, 0.717) is 19.7 Å². The van der Waals surface area contributed by atoms with E-state index in [-0.39, 0.29) is 12.0 Å². The van der Waals surface area contributed by atoms with Gasteiger partial charge in [-0.15, -0.1) is 21.5 Å². The molecule has 0 N–H and O–H groups in total. The maximum atomic E-state index is 12.7. The molecule has 2 aromatic rings. The van der Waals surface area contributed by atoms with Crippen molar-refractivity contribution in [3.63, 3.8) is 0 Å². The Morgan fingerprint density at radius 3 is 3.14 bits per heavy atom. The van der Waals surface area contributed by atoms with Gasteiger partial charge in [-0.3, -0.25) is 4.79 Å². The molecule has 21 heavy (non-hydrogen) atoms. The molecule has 1 saturated heterocycles. The zero-order chi connectivity index (χ0) is 14.8. The number of aryl methyl sites for hydroxylation is 2. The molecule has 112 valence electrons. The molecule has 1 unspecified atom stereocenters. The van der Waals surface area contributed by atoms with Crippen LogP contribution in [0.25, 0.3) is 0 Å². The molecule has 0 saturated carbocycles. The molecule has 0 radical (unpaired) electrons. The van der Waals surface area contributed by atoms with Crippen molar-refractivity contribution in [3.05, 3.63) is 34.0 Å². The Bertz CT molecular complexity index is 636. The molecule has 7 heteroatoms. The Morgan fingerprint density at radius 1 is 1.57 bits per heavy atom. The highest BCUT2D eigenvalue weighted by Crippen LogP contribution is 2.24. The number of hydrogen-bond acceptors (Lipinski definition) is 5. The fourth-order valence-electron chi connectivity index (χ4n) is 2.52. The fourth-order valence-corrected chi connectivity index (χ4v) is 3.48. The van der Waals surface area contributed by atoms with E-state index in [4.69, 9.17) is 4.74 Å². The van der Waals surface area contributed by atoms with Gasteiger partial charge in [0.15, 0.2) is 5.82 Å². The third-order valence-corrected chi connectivity index (χ3v) is 4.65. The van der Waals surface area contributed by atoms with E-state index in [1.807, 2.05) is 28.0 Å². The van der Waals surface area contributed by atoms with Crippen LogP contribution < -0.4 is 0 Å². The van der Waals surface area contributed by atoms with E-state index in [0.717, 1.165) is 22.7 Å².